The molecule has 88 valence electrons. The number of hydrogen-bond donors (Lipinski definition) is 0. The van der Waals surface area contributed by atoms with Gasteiger partial charge >= 0.3 is 0 Å². The maximum Gasteiger partial charge on any atom is 0.126 e. The van der Waals surface area contributed by atoms with Crippen molar-refractivity contribution in [3.63, 3.8) is 0 Å². The molecule has 2 nitrogen and oxygen atoms in total. The predicted octanol–water partition coefficient (Wildman–Crippen LogP) is 3.49. The minimum absolute atomic E-state index is 0.179. The highest BCUT2D eigenvalue weighted by Crippen LogP contribution is 2.26. The maximum absolute atomic E-state index is 13.6. The molecule has 0 saturated heterocycles. The van der Waals surface area contributed by atoms with Gasteiger partial charge in [0.25, 0.3) is 0 Å². The van der Waals surface area contributed by atoms with Crippen LogP contribution >= 0.6 is 0 Å². The van der Waals surface area contributed by atoms with Crippen LogP contribution in [0.5, 0.6) is 0 Å². The van der Waals surface area contributed by atoms with E-state index in [4.69, 9.17) is 4.84 Å². The van der Waals surface area contributed by atoms with E-state index in [0.717, 1.165) is 11.3 Å². The Morgan fingerprint density at radius 3 is 2.44 bits per heavy atom. The molecule has 16 heavy (non-hydrogen) atoms. The van der Waals surface area contributed by atoms with Crippen molar-refractivity contribution in [3.05, 3.63) is 35.1 Å². The third-order valence-corrected chi connectivity index (χ3v) is 2.42. The van der Waals surface area contributed by atoms with Gasteiger partial charge in [-0.1, -0.05) is 32.0 Å². The summed E-state index contributed by atoms with van der Waals surface area (Å²) in [7, 11) is 1.50. The lowest BCUT2D eigenvalue weighted by molar-refractivity contribution is 0.213. The van der Waals surface area contributed by atoms with Crippen molar-refractivity contribution < 1.29 is 9.23 Å². The number of hydrogen-bond acceptors (Lipinski definition) is 2. The molecule has 0 bridgehead atoms. The fraction of sp³-hybridized carbons (Fsp3) is 0.462. The Kier molecular flexibility index (Phi) is 3.68. The molecule has 1 rings (SSSR count). The molecule has 0 aromatic heterocycles. The largest absolute Gasteiger partial charge is 0.399 e. The predicted molar refractivity (Wildman–Crippen MR) is 64.3 cm³/mol. The zero-order chi connectivity index (χ0) is 12.3. The Hall–Kier alpha value is -1.38. The molecular weight excluding hydrogens is 205 g/mol. The van der Waals surface area contributed by atoms with Crippen molar-refractivity contribution in [2.45, 2.75) is 33.1 Å². The number of rotatable bonds is 2. The van der Waals surface area contributed by atoms with Crippen LogP contribution in [-0.4, -0.2) is 12.8 Å². The van der Waals surface area contributed by atoms with Crippen LogP contribution in [0, 0.1) is 5.82 Å². The minimum Gasteiger partial charge on any atom is -0.399 e. The van der Waals surface area contributed by atoms with Gasteiger partial charge in [-0.25, -0.2) is 4.39 Å². The summed E-state index contributed by atoms with van der Waals surface area (Å²) >= 11 is 0. The van der Waals surface area contributed by atoms with Gasteiger partial charge in [0.15, 0.2) is 0 Å². The van der Waals surface area contributed by atoms with E-state index in [0.29, 0.717) is 5.56 Å². The summed E-state index contributed by atoms with van der Waals surface area (Å²) in [5.74, 6) is -0.179. The maximum atomic E-state index is 13.6. The highest BCUT2D eigenvalue weighted by Gasteiger charge is 2.19. The summed E-state index contributed by atoms with van der Waals surface area (Å²) in [6.07, 6.45) is 0. The van der Waals surface area contributed by atoms with Crippen LogP contribution in [0.3, 0.4) is 0 Å². The molecule has 0 atom stereocenters. The van der Waals surface area contributed by atoms with Crippen molar-refractivity contribution in [1.29, 1.82) is 0 Å². The van der Waals surface area contributed by atoms with Crippen LogP contribution in [0.25, 0.3) is 0 Å². The van der Waals surface area contributed by atoms with Gasteiger partial charge in [-0.15, -0.1) is 0 Å². The van der Waals surface area contributed by atoms with Gasteiger partial charge in [-0.2, -0.15) is 0 Å². The molecule has 0 spiro atoms. The third kappa shape index (κ3) is 2.81. The van der Waals surface area contributed by atoms with Crippen LogP contribution in [0.2, 0.25) is 0 Å². The smallest absolute Gasteiger partial charge is 0.126 e. The Morgan fingerprint density at radius 2 is 1.94 bits per heavy atom. The Bertz CT molecular complexity index is 405. The second kappa shape index (κ2) is 4.64. The lowest BCUT2D eigenvalue weighted by Gasteiger charge is -2.20. The second-order valence-electron chi connectivity index (χ2n) is 4.80. The SMILES string of the molecule is CON=C(C)c1ccc(F)c(C(C)(C)C)c1. The Morgan fingerprint density at radius 1 is 1.31 bits per heavy atom. The molecule has 0 aliphatic rings. The van der Waals surface area contributed by atoms with E-state index in [-0.39, 0.29) is 11.2 Å². The molecule has 0 fully saturated rings. The number of nitrogens with zero attached hydrogens (tertiary/aromatic N) is 1. The van der Waals surface area contributed by atoms with E-state index in [9.17, 15) is 4.39 Å². The first-order valence-electron chi connectivity index (χ1n) is 5.24. The van der Waals surface area contributed by atoms with E-state index in [1.54, 1.807) is 6.07 Å². The number of benzene rings is 1. The van der Waals surface area contributed by atoms with Crippen molar-refractivity contribution in [2.24, 2.45) is 5.16 Å². The number of oxime groups is 1. The van der Waals surface area contributed by atoms with Gasteiger partial charge in [-0.05, 0) is 35.6 Å². The highest BCUT2D eigenvalue weighted by atomic mass is 19.1. The summed E-state index contributed by atoms with van der Waals surface area (Å²) in [5.41, 5.74) is 2.10. The second-order valence-corrected chi connectivity index (χ2v) is 4.80. The standard InChI is InChI=1S/C13H18FNO/c1-9(15-16-5)10-6-7-12(14)11(8-10)13(2,3)4/h6-8H,1-5H3. The zero-order valence-corrected chi connectivity index (χ0v) is 10.5. The van der Waals surface area contributed by atoms with Crippen molar-refractivity contribution in [2.75, 3.05) is 7.11 Å². The Balaban J connectivity index is 3.23. The first-order valence-corrected chi connectivity index (χ1v) is 5.24. The van der Waals surface area contributed by atoms with Crippen LogP contribution < -0.4 is 0 Å². The van der Waals surface area contributed by atoms with Crippen LogP contribution in [0.15, 0.2) is 23.4 Å². The van der Waals surface area contributed by atoms with Crippen LogP contribution in [-0.2, 0) is 10.3 Å². The van der Waals surface area contributed by atoms with E-state index >= 15 is 0 Å². The topological polar surface area (TPSA) is 21.6 Å². The summed E-state index contributed by atoms with van der Waals surface area (Å²) < 4.78 is 13.6. The van der Waals surface area contributed by atoms with E-state index < -0.39 is 0 Å². The normalized spacial score (nSPS) is 12.8. The molecular formula is C13H18FNO. The minimum atomic E-state index is -0.215. The zero-order valence-electron chi connectivity index (χ0n) is 10.5. The summed E-state index contributed by atoms with van der Waals surface area (Å²) in [6.45, 7) is 7.79. The quantitative estimate of drug-likeness (QED) is 0.555. The molecule has 3 heteroatoms. The molecule has 0 aliphatic heterocycles. The van der Waals surface area contributed by atoms with E-state index in [2.05, 4.69) is 5.16 Å². The first-order chi connectivity index (χ1) is 7.36. The van der Waals surface area contributed by atoms with Gasteiger partial charge in [-0.3, -0.25) is 0 Å². The van der Waals surface area contributed by atoms with Crippen molar-refractivity contribution >= 4 is 5.71 Å². The average molecular weight is 223 g/mol. The van der Waals surface area contributed by atoms with Gasteiger partial charge in [0.05, 0.1) is 5.71 Å². The molecule has 0 heterocycles. The van der Waals surface area contributed by atoms with Crippen LogP contribution in [0.1, 0.15) is 38.8 Å². The van der Waals surface area contributed by atoms with E-state index in [1.165, 1.54) is 13.2 Å². The van der Waals surface area contributed by atoms with E-state index in [1.807, 2.05) is 33.8 Å². The van der Waals surface area contributed by atoms with Gasteiger partial charge in [0.2, 0.25) is 0 Å². The summed E-state index contributed by atoms with van der Waals surface area (Å²) in [5, 5.41) is 3.84. The fourth-order valence-corrected chi connectivity index (χ4v) is 1.51. The average Bonchev–Trinajstić information content (AvgIpc) is 2.16. The lowest BCUT2D eigenvalue weighted by atomic mass is 9.85. The Labute approximate surface area is 96.1 Å². The molecule has 1 aromatic rings. The number of halogens is 1. The van der Waals surface area contributed by atoms with Gasteiger partial charge in [0.1, 0.15) is 12.9 Å². The monoisotopic (exact) mass is 223 g/mol. The van der Waals surface area contributed by atoms with Gasteiger partial charge < -0.3 is 4.84 Å². The van der Waals surface area contributed by atoms with Crippen LogP contribution in [0.4, 0.5) is 4.39 Å². The first kappa shape index (κ1) is 12.7. The summed E-state index contributed by atoms with van der Waals surface area (Å²) in [6, 6.07) is 5.01. The molecule has 0 amide bonds. The molecule has 0 saturated carbocycles. The van der Waals surface area contributed by atoms with Crippen molar-refractivity contribution in [1.82, 2.24) is 0 Å². The molecule has 0 N–H and O–H groups in total. The molecule has 0 unspecified atom stereocenters. The van der Waals surface area contributed by atoms with Gasteiger partial charge in [0, 0.05) is 0 Å². The van der Waals surface area contributed by atoms with Crippen molar-refractivity contribution in [3.8, 4) is 0 Å². The molecule has 0 radical (unpaired) electrons. The fourth-order valence-electron chi connectivity index (χ4n) is 1.51. The molecule has 1 aromatic carbocycles. The third-order valence-electron chi connectivity index (χ3n) is 2.42. The molecule has 0 aliphatic carbocycles. The summed E-state index contributed by atoms with van der Waals surface area (Å²) in [4.78, 5) is 4.71. The highest BCUT2D eigenvalue weighted by molar-refractivity contribution is 5.98. The lowest BCUT2D eigenvalue weighted by Crippen LogP contribution is -2.14.